The number of likely N-dealkylation sites (N-methyl/N-ethyl adjacent to an activating group) is 1. The van der Waals surface area contributed by atoms with Gasteiger partial charge < -0.3 is 14.5 Å². The van der Waals surface area contributed by atoms with Crippen molar-refractivity contribution in [3.05, 3.63) is 70.9 Å². The fourth-order valence-corrected chi connectivity index (χ4v) is 4.75. The van der Waals surface area contributed by atoms with Crippen LogP contribution in [0.5, 0.6) is 5.75 Å². The highest BCUT2D eigenvalue weighted by Crippen LogP contribution is 2.35. The van der Waals surface area contributed by atoms with Gasteiger partial charge in [-0.15, -0.1) is 11.8 Å². The van der Waals surface area contributed by atoms with E-state index in [1.807, 2.05) is 24.0 Å². The van der Waals surface area contributed by atoms with Gasteiger partial charge in [-0.05, 0) is 48.8 Å². The molecule has 0 radical (unpaired) electrons. The molecule has 1 atom stereocenters. The first-order valence-electron chi connectivity index (χ1n) is 9.43. The van der Waals surface area contributed by atoms with Crippen LogP contribution in [0.15, 0.2) is 59.8 Å². The molecule has 2 aromatic carbocycles. The number of hydrogen-bond acceptors (Lipinski definition) is 5. The minimum Gasteiger partial charge on any atom is -0.497 e. The average Bonchev–Trinajstić information content (AvgIpc) is 3.29. The summed E-state index contributed by atoms with van der Waals surface area (Å²) in [6.07, 6.45) is 2.85. The molecular weight excluding hydrogens is 368 g/mol. The molecule has 0 fully saturated rings. The number of nitrogens with zero attached hydrogens (tertiary/aromatic N) is 3. The Labute approximate surface area is 170 Å². The monoisotopic (exact) mass is 394 g/mol. The minimum absolute atomic E-state index is 0.376. The Hall–Kier alpha value is -2.44. The van der Waals surface area contributed by atoms with Crippen LogP contribution in [-0.4, -0.2) is 53.1 Å². The molecule has 0 bridgehead atoms. The van der Waals surface area contributed by atoms with E-state index in [2.05, 4.69) is 75.9 Å². The molecule has 1 aromatic heterocycles. The number of benzene rings is 2. The van der Waals surface area contributed by atoms with Crippen molar-refractivity contribution in [2.24, 2.45) is 0 Å². The molecule has 146 valence electrons. The lowest BCUT2D eigenvalue weighted by Gasteiger charge is -2.30. The number of ether oxygens (including phenoxy) is 1. The number of fused-ring (bicyclic) bond motifs is 1. The number of hydrogen-bond donors (Lipinski definition) is 1. The zero-order valence-corrected chi connectivity index (χ0v) is 17.4. The molecule has 1 aliphatic rings. The number of aromatic amines is 1. The molecule has 28 heavy (non-hydrogen) atoms. The molecule has 1 unspecified atom stereocenters. The SMILES string of the molecule is COc1cccc(CN2C(CN(C)C)=CSC2Cc2ccc3cn[nH]c3c2)c1. The summed E-state index contributed by atoms with van der Waals surface area (Å²) in [5.41, 5.74) is 5.05. The quantitative estimate of drug-likeness (QED) is 0.654. The summed E-state index contributed by atoms with van der Waals surface area (Å²) in [6, 6.07) is 14.9. The van der Waals surface area contributed by atoms with E-state index < -0.39 is 0 Å². The Kier molecular flexibility index (Phi) is 5.59. The predicted octanol–water partition coefficient (Wildman–Crippen LogP) is 4.09. The van der Waals surface area contributed by atoms with E-state index in [4.69, 9.17) is 4.74 Å². The van der Waals surface area contributed by atoms with Crippen molar-refractivity contribution in [3.63, 3.8) is 0 Å². The first-order valence-corrected chi connectivity index (χ1v) is 10.4. The highest BCUT2D eigenvalue weighted by Gasteiger charge is 2.27. The molecule has 2 heterocycles. The van der Waals surface area contributed by atoms with Gasteiger partial charge in [0.2, 0.25) is 0 Å². The van der Waals surface area contributed by atoms with E-state index in [1.165, 1.54) is 16.8 Å². The van der Waals surface area contributed by atoms with Gasteiger partial charge in [0.05, 0.1) is 24.2 Å². The van der Waals surface area contributed by atoms with Crippen LogP contribution in [0, 0.1) is 0 Å². The summed E-state index contributed by atoms with van der Waals surface area (Å²) in [5, 5.41) is 11.1. The molecule has 0 spiro atoms. The maximum Gasteiger partial charge on any atom is 0.119 e. The number of H-pyrrole nitrogens is 1. The zero-order chi connectivity index (χ0) is 19.5. The van der Waals surface area contributed by atoms with Gasteiger partial charge in [0.25, 0.3) is 0 Å². The summed E-state index contributed by atoms with van der Waals surface area (Å²) in [5.74, 6) is 0.906. The van der Waals surface area contributed by atoms with Crippen molar-refractivity contribution >= 4 is 22.7 Å². The number of thioether (sulfide) groups is 1. The van der Waals surface area contributed by atoms with E-state index >= 15 is 0 Å². The van der Waals surface area contributed by atoms with Gasteiger partial charge >= 0.3 is 0 Å². The molecule has 4 rings (SSSR count). The summed E-state index contributed by atoms with van der Waals surface area (Å²) in [6.45, 7) is 1.81. The van der Waals surface area contributed by atoms with E-state index in [0.717, 1.165) is 36.2 Å². The molecule has 6 heteroatoms. The van der Waals surface area contributed by atoms with Crippen molar-refractivity contribution in [3.8, 4) is 5.75 Å². The van der Waals surface area contributed by atoms with Gasteiger partial charge in [0.1, 0.15) is 5.75 Å². The fraction of sp³-hybridized carbons (Fsp3) is 0.318. The van der Waals surface area contributed by atoms with Crippen molar-refractivity contribution < 1.29 is 4.74 Å². The Morgan fingerprint density at radius 3 is 2.89 bits per heavy atom. The molecule has 1 aliphatic heterocycles. The van der Waals surface area contributed by atoms with E-state index in [0.29, 0.717) is 5.37 Å². The minimum atomic E-state index is 0.376. The Bertz CT molecular complexity index is 981. The summed E-state index contributed by atoms with van der Waals surface area (Å²) in [7, 11) is 5.96. The first-order chi connectivity index (χ1) is 13.6. The van der Waals surface area contributed by atoms with E-state index in [9.17, 15) is 0 Å². The van der Waals surface area contributed by atoms with Crippen LogP contribution in [0.2, 0.25) is 0 Å². The van der Waals surface area contributed by atoms with Crippen molar-refractivity contribution in [1.29, 1.82) is 0 Å². The van der Waals surface area contributed by atoms with E-state index in [-0.39, 0.29) is 0 Å². The van der Waals surface area contributed by atoms with Crippen LogP contribution >= 0.6 is 11.8 Å². The second kappa shape index (κ2) is 8.29. The van der Waals surface area contributed by atoms with Crippen molar-refractivity contribution in [2.45, 2.75) is 18.3 Å². The van der Waals surface area contributed by atoms with Crippen molar-refractivity contribution in [1.82, 2.24) is 20.0 Å². The third kappa shape index (κ3) is 4.18. The van der Waals surface area contributed by atoms with Crippen molar-refractivity contribution in [2.75, 3.05) is 27.7 Å². The Balaban J connectivity index is 1.55. The number of rotatable bonds is 7. The van der Waals surface area contributed by atoms with Crippen LogP contribution in [0.4, 0.5) is 0 Å². The van der Waals surface area contributed by atoms with Crippen LogP contribution in [0.1, 0.15) is 11.1 Å². The van der Waals surface area contributed by atoms with Crippen LogP contribution in [0.3, 0.4) is 0 Å². The Morgan fingerprint density at radius 2 is 2.07 bits per heavy atom. The smallest absolute Gasteiger partial charge is 0.119 e. The largest absolute Gasteiger partial charge is 0.497 e. The number of aromatic nitrogens is 2. The molecular formula is C22H26N4OS. The summed E-state index contributed by atoms with van der Waals surface area (Å²) < 4.78 is 5.41. The molecule has 0 saturated heterocycles. The maximum absolute atomic E-state index is 5.41. The van der Waals surface area contributed by atoms with Crippen LogP contribution < -0.4 is 4.74 Å². The number of nitrogens with one attached hydrogen (secondary N) is 1. The number of methoxy groups -OCH3 is 1. The van der Waals surface area contributed by atoms with E-state index in [1.54, 1.807) is 7.11 Å². The van der Waals surface area contributed by atoms with Gasteiger partial charge in [0, 0.05) is 30.6 Å². The molecule has 0 aliphatic carbocycles. The van der Waals surface area contributed by atoms with Gasteiger partial charge in [-0.25, -0.2) is 0 Å². The lowest BCUT2D eigenvalue weighted by molar-refractivity contribution is 0.285. The molecule has 1 N–H and O–H groups in total. The second-order valence-corrected chi connectivity index (χ2v) is 8.46. The molecule has 0 saturated carbocycles. The summed E-state index contributed by atoms with van der Waals surface area (Å²) >= 11 is 1.91. The van der Waals surface area contributed by atoms with Gasteiger partial charge in [-0.1, -0.05) is 24.3 Å². The third-order valence-electron chi connectivity index (χ3n) is 4.96. The normalized spacial score (nSPS) is 16.8. The molecule has 5 nitrogen and oxygen atoms in total. The standard InChI is InChI=1S/C22H26N4OS/c1-25(2)14-19-15-28-22(11-16-7-8-18-12-23-24-21(18)10-16)26(19)13-17-5-4-6-20(9-17)27-3/h4-10,12,15,22H,11,13-14H2,1-3H3,(H,23,24). The molecule has 0 amide bonds. The lowest BCUT2D eigenvalue weighted by Crippen LogP contribution is -2.33. The molecule has 3 aromatic rings. The summed E-state index contributed by atoms with van der Waals surface area (Å²) in [4.78, 5) is 4.75. The van der Waals surface area contributed by atoms with Gasteiger partial charge in [-0.3, -0.25) is 5.10 Å². The Morgan fingerprint density at radius 1 is 1.18 bits per heavy atom. The second-order valence-electron chi connectivity index (χ2n) is 7.41. The third-order valence-corrected chi connectivity index (χ3v) is 6.10. The zero-order valence-electron chi connectivity index (χ0n) is 16.6. The van der Waals surface area contributed by atoms with Gasteiger partial charge in [0.15, 0.2) is 0 Å². The highest BCUT2D eigenvalue weighted by molar-refractivity contribution is 8.02. The first kappa shape index (κ1) is 18.9. The maximum atomic E-state index is 5.41. The van der Waals surface area contributed by atoms with Crippen LogP contribution in [0.25, 0.3) is 10.9 Å². The highest BCUT2D eigenvalue weighted by atomic mass is 32.2. The average molecular weight is 395 g/mol. The predicted molar refractivity (Wildman–Crippen MR) is 116 cm³/mol. The fourth-order valence-electron chi connectivity index (χ4n) is 3.58. The topological polar surface area (TPSA) is 44.4 Å². The van der Waals surface area contributed by atoms with Crippen LogP contribution in [-0.2, 0) is 13.0 Å². The van der Waals surface area contributed by atoms with Gasteiger partial charge in [-0.2, -0.15) is 5.10 Å². The lowest BCUT2D eigenvalue weighted by atomic mass is 10.1.